The van der Waals surface area contributed by atoms with Crippen molar-refractivity contribution in [1.82, 2.24) is 15.3 Å². The van der Waals surface area contributed by atoms with Crippen LogP contribution in [0.3, 0.4) is 0 Å². The number of benzene rings is 2. The van der Waals surface area contributed by atoms with Gasteiger partial charge in [-0.05, 0) is 47.7 Å². The zero-order valence-corrected chi connectivity index (χ0v) is 14.1. The van der Waals surface area contributed by atoms with Crippen molar-refractivity contribution >= 4 is 22.6 Å². The van der Waals surface area contributed by atoms with Gasteiger partial charge in [-0.2, -0.15) is 0 Å². The largest absolute Gasteiger partial charge is 0.367 e. The summed E-state index contributed by atoms with van der Waals surface area (Å²) < 4.78 is 0. The number of hydrogen-bond donors (Lipinski definition) is 2. The first-order chi connectivity index (χ1) is 12.2. The van der Waals surface area contributed by atoms with E-state index in [9.17, 15) is 4.79 Å². The van der Waals surface area contributed by atoms with Gasteiger partial charge in [0.25, 0.3) is 0 Å². The van der Waals surface area contributed by atoms with Crippen LogP contribution in [0.25, 0.3) is 22.0 Å². The van der Waals surface area contributed by atoms with Crippen molar-refractivity contribution in [3.05, 3.63) is 54.4 Å². The van der Waals surface area contributed by atoms with E-state index in [1.54, 1.807) is 6.33 Å². The Balaban J connectivity index is 1.69. The van der Waals surface area contributed by atoms with E-state index in [1.807, 2.05) is 18.2 Å². The van der Waals surface area contributed by atoms with Gasteiger partial charge in [-0.25, -0.2) is 9.97 Å². The molecule has 1 saturated carbocycles. The predicted molar refractivity (Wildman–Crippen MR) is 99.1 cm³/mol. The van der Waals surface area contributed by atoms with Crippen LogP contribution in [0.2, 0.25) is 0 Å². The molecule has 2 N–H and O–H groups in total. The lowest BCUT2D eigenvalue weighted by Crippen LogP contribution is -2.18. The Bertz CT molecular complexity index is 934. The van der Waals surface area contributed by atoms with Crippen molar-refractivity contribution < 1.29 is 4.79 Å². The molecule has 1 aromatic heterocycles. The average molecular weight is 332 g/mol. The van der Waals surface area contributed by atoms with E-state index >= 15 is 0 Å². The van der Waals surface area contributed by atoms with Gasteiger partial charge < -0.3 is 10.6 Å². The number of aromatic nitrogens is 2. The summed E-state index contributed by atoms with van der Waals surface area (Å²) in [6, 6.07) is 15.0. The van der Waals surface area contributed by atoms with Crippen molar-refractivity contribution in [3.63, 3.8) is 0 Å². The van der Waals surface area contributed by atoms with Crippen LogP contribution in [-0.4, -0.2) is 21.9 Å². The molecular weight excluding hydrogens is 312 g/mol. The van der Waals surface area contributed by atoms with E-state index < -0.39 is 0 Å². The van der Waals surface area contributed by atoms with Crippen LogP contribution < -0.4 is 10.6 Å². The minimum atomic E-state index is -0.0240. The van der Waals surface area contributed by atoms with Crippen molar-refractivity contribution in [2.75, 3.05) is 5.32 Å². The van der Waals surface area contributed by atoms with Gasteiger partial charge in [0, 0.05) is 24.9 Å². The summed E-state index contributed by atoms with van der Waals surface area (Å²) in [5, 5.41) is 7.36. The number of carbonyl (C=O) groups excluding carboxylic acids is 1. The highest BCUT2D eigenvalue weighted by Crippen LogP contribution is 2.30. The van der Waals surface area contributed by atoms with E-state index in [1.165, 1.54) is 19.8 Å². The highest BCUT2D eigenvalue weighted by molar-refractivity contribution is 5.92. The van der Waals surface area contributed by atoms with E-state index in [0.29, 0.717) is 12.6 Å². The minimum absolute atomic E-state index is 0.0240. The highest BCUT2D eigenvalue weighted by atomic mass is 16.1. The van der Waals surface area contributed by atoms with Crippen molar-refractivity contribution in [1.29, 1.82) is 0 Å². The van der Waals surface area contributed by atoms with E-state index in [2.05, 4.69) is 44.9 Å². The number of anilines is 1. The molecule has 3 aromatic rings. The molecule has 4 rings (SSSR count). The molecule has 0 aliphatic heterocycles. The summed E-state index contributed by atoms with van der Waals surface area (Å²) in [5.41, 5.74) is 4.25. The van der Waals surface area contributed by atoms with E-state index in [-0.39, 0.29) is 5.91 Å². The molecule has 0 unspecified atom stereocenters. The summed E-state index contributed by atoms with van der Waals surface area (Å²) in [6.45, 7) is 2.07. The minimum Gasteiger partial charge on any atom is -0.367 e. The van der Waals surface area contributed by atoms with Crippen LogP contribution in [0.15, 0.2) is 48.8 Å². The van der Waals surface area contributed by atoms with Crippen LogP contribution in [0.4, 0.5) is 5.82 Å². The molecular formula is C20H20N4O. The van der Waals surface area contributed by atoms with Crippen molar-refractivity contribution in [2.24, 2.45) is 0 Å². The quantitative estimate of drug-likeness (QED) is 0.750. The maximum absolute atomic E-state index is 11.1. The van der Waals surface area contributed by atoms with E-state index in [0.717, 1.165) is 33.4 Å². The van der Waals surface area contributed by atoms with Crippen molar-refractivity contribution in [3.8, 4) is 11.1 Å². The lowest BCUT2D eigenvalue weighted by Gasteiger charge is -2.10. The summed E-state index contributed by atoms with van der Waals surface area (Å²) in [6.07, 6.45) is 4.02. The van der Waals surface area contributed by atoms with Crippen LogP contribution in [0, 0.1) is 0 Å². The molecule has 1 amide bonds. The summed E-state index contributed by atoms with van der Waals surface area (Å²) in [5.74, 6) is 0.882. The molecule has 0 radical (unpaired) electrons. The van der Waals surface area contributed by atoms with Gasteiger partial charge in [0.15, 0.2) is 0 Å². The smallest absolute Gasteiger partial charge is 0.217 e. The molecule has 126 valence electrons. The lowest BCUT2D eigenvalue weighted by atomic mass is 10.0. The van der Waals surface area contributed by atoms with Gasteiger partial charge in [-0.3, -0.25) is 4.79 Å². The number of rotatable bonds is 5. The number of nitrogens with zero attached hydrogens (tertiary/aromatic N) is 2. The first kappa shape index (κ1) is 15.6. The Hall–Kier alpha value is -2.95. The molecule has 0 saturated heterocycles. The summed E-state index contributed by atoms with van der Waals surface area (Å²) in [4.78, 5) is 19.9. The number of fused-ring (bicyclic) bond motifs is 1. The topological polar surface area (TPSA) is 66.9 Å². The summed E-state index contributed by atoms with van der Waals surface area (Å²) in [7, 11) is 0. The van der Waals surface area contributed by atoms with Gasteiger partial charge in [0.2, 0.25) is 5.91 Å². The second-order valence-electron chi connectivity index (χ2n) is 6.48. The second-order valence-corrected chi connectivity index (χ2v) is 6.48. The SMILES string of the molecule is CC(=O)NCc1cccc(-c2ccc3ncnc(NC4CC4)c3c2)c1. The Kier molecular flexibility index (Phi) is 4.06. The fraction of sp³-hybridized carbons (Fsp3) is 0.250. The van der Waals surface area contributed by atoms with Gasteiger partial charge in [-0.1, -0.05) is 24.3 Å². The summed E-state index contributed by atoms with van der Waals surface area (Å²) >= 11 is 0. The lowest BCUT2D eigenvalue weighted by molar-refractivity contribution is -0.119. The normalized spacial score (nSPS) is 13.6. The standard InChI is InChI=1S/C20H20N4O/c1-13(25)21-11-14-3-2-4-15(9-14)16-5-8-19-18(10-16)20(23-12-22-19)24-17-6-7-17/h2-5,8-10,12,17H,6-7,11H2,1H3,(H,21,25)(H,22,23,24). The molecule has 1 aliphatic carbocycles. The monoisotopic (exact) mass is 332 g/mol. The molecule has 25 heavy (non-hydrogen) atoms. The second kappa shape index (κ2) is 6.51. The maximum atomic E-state index is 11.1. The highest BCUT2D eigenvalue weighted by Gasteiger charge is 2.22. The molecule has 1 aliphatic rings. The van der Waals surface area contributed by atoms with Crippen LogP contribution in [0.1, 0.15) is 25.3 Å². The average Bonchev–Trinajstić information content (AvgIpc) is 3.44. The van der Waals surface area contributed by atoms with Gasteiger partial charge in [0.1, 0.15) is 12.1 Å². The molecule has 5 nitrogen and oxygen atoms in total. The van der Waals surface area contributed by atoms with Gasteiger partial charge in [0.05, 0.1) is 5.52 Å². The van der Waals surface area contributed by atoms with Crippen molar-refractivity contribution in [2.45, 2.75) is 32.4 Å². The Morgan fingerprint density at radius 1 is 1.12 bits per heavy atom. The molecule has 0 atom stereocenters. The van der Waals surface area contributed by atoms with Crippen LogP contribution >= 0.6 is 0 Å². The molecule has 5 heteroatoms. The molecule has 0 bridgehead atoms. The third kappa shape index (κ3) is 3.60. The Morgan fingerprint density at radius 2 is 1.96 bits per heavy atom. The van der Waals surface area contributed by atoms with E-state index in [4.69, 9.17) is 0 Å². The van der Waals surface area contributed by atoms with Crippen LogP contribution in [-0.2, 0) is 11.3 Å². The first-order valence-electron chi connectivity index (χ1n) is 8.54. The fourth-order valence-corrected chi connectivity index (χ4v) is 2.86. The number of carbonyl (C=O) groups is 1. The fourth-order valence-electron chi connectivity index (χ4n) is 2.86. The number of hydrogen-bond acceptors (Lipinski definition) is 4. The number of nitrogens with one attached hydrogen (secondary N) is 2. The molecule has 1 heterocycles. The molecule has 0 spiro atoms. The molecule has 1 fully saturated rings. The zero-order chi connectivity index (χ0) is 17.2. The third-order valence-corrected chi connectivity index (χ3v) is 4.36. The predicted octanol–water partition coefficient (Wildman–Crippen LogP) is 3.51. The zero-order valence-electron chi connectivity index (χ0n) is 14.1. The van der Waals surface area contributed by atoms with Gasteiger partial charge >= 0.3 is 0 Å². The van der Waals surface area contributed by atoms with Gasteiger partial charge in [-0.15, -0.1) is 0 Å². The molecule has 2 aromatic carbocycles. The van der Waals surface area contributed by atoms with Crippen LogP contribution in [0.5, 0.6) is 0 Å². The third-order valence-electron chi connectivity index (χ3n) is 4.36. The number of amides is 1. The maximum Gasteiger partial charge on any atom is 0.217 e. The Labute approximate surface area is 146 Å². The Morgan fingerprint density at radius 3 is 2.76 bits per heavy atom. The first-order valence-corrected chi connectivity index (χ1v) is 8.54.